The maximum atomic E-state index is 6.06. The molecule has 1 N–H and O–H groups in total. The van der Waals surface area contributed by atoms with Crippen LogP contribution >= 0.6 is 0 Å². The van der Waals surface area contributed by atoms with E-state index in [0.717, 1.165) is 34.3 Å². The quantitative estimate of drug-likeness (QED) is 0.308. The van der Waals surface area contributed by atoms with Crippen LogP contribution in [0.1, 0.15) is 11.1 Å². The van der Waals surface area contributed by atoms with Crippen LogP contribution in [0.15, 0.2) is 114 Å². The molecule has 1 aliphatic carbocycles. The minimum Gasteiger partial charge on any atom is -0.456 e. The third kappa shape index (κ3) is 2.95. The first-order chi connectivity index (χ1) is 16.3. The van der Waals surface area contributed by atoms with Crippen LogP contribution in [-0.2, 0) is 6.42 Å². The lowest BCUT2D eigenvalue weighted by Gasteiger charge is -2.10. The average Bonchev–Trinajstić information content (AvgIpc) is 3.42. The van der Waals surface area contributed by atoms with E-state index in [-0.39, 0.29) is 0 Å². The fraction of sp³-hybridized carbons (Fsp3) is 0.0323. The molecule has 33 heavy (non-hydrogen) atoms. The molecule has 7 rings (SSSR count). The van der Waals surface area contributed by atoms with Crippen molar-refractivity contribution in [3.8, 4) is 22.3 Å². The van der Waals surface area contributed by atoms with Crippen molar-refractivity contribution in [2.45, 2.75) is 6.42 Å². The van der Waals surface area contributed by atoms with Gasteiger partial charge < -0.3 is 9.73 Å². The van der Waals surface area contributed by atoms with Gasteiger partial charge in [0, 0.05) is 22.1 Å². The number of hydrogen-bond donors (Lipinski definition) is 1. The molecule has 1 aromatic heterocycles. The summed E-state index contributed by atoms with van der Waals surface area (Å²) in [6, 6.07) is 38.6. The molecule has 0 unspecified atom stereocenters. The van der Waals surface area contributed by atoms with Crippen LogP contribution in [0.2, 0.25) is 0 Å². The van der Waals surface area contributed by atoms with Crippen molar-refractivity contribution in [3.05, 3.63) is 120 Å². The van der Waals surface area contributed by atoms with Crippen molar-refractivity contribution in [2.24, 2.45) is 0 Å². The number of furan rings is 1. The van der Waals surface area contributed by atoms with Crippen LogP contribution in [0, 0.1) is 0 Å². The Balaban J connectivity index is 1.20. The molecule has 5 aromatic carbocycles. The second-order valence-electron chi connectivity index (χ2n) is 8.69. The maximum Gasteiger partial charge on any atom is 0.136 e. The number of anilines is 2. The number of para-hydroxylation sites is 1. The zero-order valence-electron chi connectivity index (χ0n) is 18.0. The molecular formula is C31H21NO. The molecule has 2 heteroatoms. The molecule has 2 nitrogen and oxygen atoms in total. The van der Waals surface area contributed by atoms with Gasteiger partial charge in [-0.25, -0.2) is 0 Å². The van der Waals surface area contributed by atoms with E-state index in [1.54, 1.807) is 0 Å². The highest BCUT2D eigenvalue weighted by atomic mass is 16.3. The van der Waals surface area contributed by atoms with Gasteiger partial charge in [-0.1, -0.05) is 72.8 Å². The number of hydrogen-bond acceptors (Lipinski definition) is 2. The van der Waals surface area contributed by atoms with Crippen molar-refractivity contribution >= 4 is 33.3 Å². The second-order valence-corrected chi connectivity index (χ2v) is 8.69. The van der Waals surface area contributed by atoms with E-state index in [2.05, 4.69) is 96.3 Å². The second kappa shape index (κ2) is 7.11. The first kappa shape index (κ1) is 18.3. The summed E-state index contributed by atoms with van der Waals surface area (Å²) in [6.45, 7) is 0. The molecule has 156 valence electrons. The standard InChI is InChI=1S/C31H21NO/c1-2-7-25-21(6-1)18-22-19-24(16-17-26(22)25)32-23-14-12-20(13-15-23)27-9-5-11-30-31(27)28-8-3-4-10-29(28)33-30/h1-17,19,32H,18H2. The van der Waals surface area contributed by atoms with E-state index in [1.807, 2.05) is 18.2 Å². The maximum absolute atomic E-state index is 6.06. The van der Waals surface area contributed by atoms with Crippen molar-refractivity contribution in [3.63, 3.8) is 0 Å². The van der Waals surface area contributed by atoms with Crippen LogP contribution in [-0.4, -0.2) is 0 Å². The Hall–Kier alpha value is -4.30. The van der Waals surface area contributed by atoms with Gasteiger partial charge >= 0.3 is 0 Å². The topological polar surface area (TPSA) is 25.2 Å². The van der Waals surface area contributed by atoms with Gasteiger partial charge in [0.25, 0.3) is 0 Å². The Bertz CT molecular complexity index is 1660. The summed E-state index contributed by atoms with van der Waals surface area (Å²) in [4.78, 5) is 0. The number of rotatable bonds is 3. The van der Waals surface area contributed by atoms with E-state index >= 15 is 0 Å². The third-order valence-corrected chi connectivity index (χ3v) is 6.68. The molecule has 0 aliphatic heterocycles. The van der Waals surface area contributed by atoms with E-state index in [0.29, 0.717) is 0 Å². The number of fused-ring (bicyclic) bond motifs is 6. The Morgan fingerprint density at radius 1 is 0.545 bits per heavy atom. The molecule has 0 saturated carbocycles. The molecule has 1 heterocycles. The lowest BCUT2D eigenvalue weighted by atomic mass is 9.99. The van der Waals surface area contributed by atoms with Gasteiger partial charge in [0.05, 0.1) is 0 Å². The SMILES string of the molecule is c1ccc2c(c1)Cc1cc(Nc3ccc(-c4cccc5oc6ccccc6c45)cc3)ccc1-2. The normalized spacial score (nSPS) is 12.1. The van der Waals surface area contributed by atoms with E-state index < -0.39 is 0 Å². The lowest BCUT2D eigenvalue weighted by molar-refractivity contribution is 0.669. The van der Waals surface area contributed by atoms with Crippen molar-refractivity contribution in [1.29, 1.82) is 0 Å². The van der Waals surface area contributed by atoms with Gasteiger partial charge in [-0.3, -0.25) is 0 Å². The summed E-state index contributed by atoms with van der Waals surface area (Å²) in [5, 5.41) is 5.91. The Kier molecular flexibility index (Phi) is 3.94. The van der Waals surface area contributed by atoms with Gasteiger partial charge in [-0.2, -0.15) is 0 Å². The minimum absolute atomic E-state index is 0.926. The van der Waals surface area contributed by atoms with Crippen LogP contribution in [0.25, 0.3) is 44.2 Å². The van der Waals surface area contributed by atoms with Crippen molar-refractivity contribution in [2.75, 3.05) is 5.32 Å². The average molecular weight is 424 g/mol. The molecule has 0 radical (unpaired) electrons. The van der Waals surface area contributed by atoms with Crippen LogP contribution < -0.4 is 5.32 Å². The van der Waals surface area contributed by atoms with E-state index in [4.69, 9.17) is 4.42 Å². The highest BCUT2D eigenvalue weighted by Gasteiger charge is 2.18. The number of nitrogens with one attached hydrogen (secondary N) is 1. The first-order valence-corrected chi connectivity index (χ1v) is 11.3. The van der Waals surface area contributed by atoms with Crippen LogP contribution in [0.3, 0.4) is 0 Å². The molecule has 0 fully saturated rings. The van der Waals surface area contributed by atoms with Crippen molar-refractivity contribution < 1.29 is 4.42 Å². The highest BCUT2D eigenvalue weighted by molar-refractivity contribution is 6.12. The van der Waals surface area contributed by atoms with Gasteiger partial charge in [0.1, 0.15) is 11.2 Å². The van der Waals surface area contributed by atoms with Gasteiger partial charge in [-0.15, -0.1) is 0 Å². The van der Waals surface area contributed by atoms with Gasteiger partial charge in [0.15, 0.2) is 0 Å². The monoisotopic (exact) mass is 423 g/mol. The summed E-state index contributed by atoms with van der Waals surface area (Å²) in [6.07, 6.45) is 1.00. The van der Waals surface area contributed by atoms with Gasteiger partial charge in [-0.05, 0) is 76.2 Å². The summed E-state index contributed by atoms with van der Waals surface area (Å²) in [5.74, 6) is 0. The molecule has 6 aromatic rings. The van der Waals surface area contributed by atoms with Crippen LogP contribution in [0.4, 0.5) is 11.4 Å². The third-order valence-electron chi connectivity index (χ3n) is 6.68. The Labute approximate surface area is 192 Å². The molecule has 1 aliphatic rings. The zero-order chi connectivity index (χ0) is 21.8. The fourth-order valence-electron chi connectivity index (χ4n) is 5.14. The van der Waals surface area contributed by atoms with Gasteiger partial charge in [0.2, 0.25) is 0 Å². The zero-order valence-corrected chi connectivity index (χ0v) is 18.0. The summed E-state index contributed by atoms with van der Waals surface area (Å²) < 4.78 is 6.06. The summed E-state index contributed by atoms with van der Waals surface area (Å²) in [7, 11) is 0. The smallest absolute Gasteiger partial charge is 0.136 e. The molecule has 0 spiro atoms. The van der Waals surface area contributed by atoms with Crippen molar-refractivity contribution in [1.82, 2.24) is 0 Å². The predicted octanol–water partition coefficient (Wildman–Crippen LogP) is 8.57. The van der Waals surface area contributed by atoms with Crippen LogP contribution in [0.5, 0.6) is 0 Å². The highest BCUT2D eigenvalue weighted by Crippen LogP contribution is 2.39. The lowest BCUT2D eigenvalue weighted by Crippen LogP contribution is -1.92. The van der Waals surface area contributed by atoms with E-state index in [9.17, 15) is 0 Å². The number of benzene rings is 5. The first-order valence-electron chi connectivity index (χ1n) is 11.3. The predicted molar refractivity (Wildman–Crippen MR) is 137 cm³/mol. The largest absolute Gasteiger partial charge is 0.456 e. The minimum atomic E-state index is 0.926. The summed E-state index contributed by atoms with van der Waals surface area (Å²) in [5.41, 5.74) is 12.0. The fourth-order valence-corrected chi connectivity index (χ4v) is 5.14. The Morgan fingerprint density at radius 2 is 1.27 bits per heavy atom. The molecule has 0 saturated heterocycles. The molecule has 0 atom stereocenters. The summed E-state index contributed by atoms with van der Waals surface area (Å²) >= 11 is 0. The molecular weight excluding hydrogens is 402 g/mol. The van der Waals surface area contributed by atoms with E-state index in [1.165, 1.54) is 38.8 Å². The molecule has 0 bridgehead atoms. The molecule has 0 amide bonds. The Morgan fingerprint density at radius 3 is 2.21 bits per heavy atom.